The van der Waals surface area contributed by atoms with Gasteiger partial charge in [-0.2, -0.15) is 0 Å². The number of nitrogens with zero attached hydrogens (tertiary/aromatic N) is 2. The largest absolute Gasteiger partial charge is 0.354 e. The van der Waals surface area contributed by atoms with Crippen LogP contribution in [0.1, 0.15) is 30.0 Å². The topological polar surface area (TPSA) is 86.8 Å². The molecular formula is C29H33Cl2N3O4S. The molecule has 3 rings (SSSR count). The number of sulfonamides is 1. The lowest BCUT2D eigenvalue weighted by Crippen LogP contribution is -2.53. The monoisotopic (exact) mass is 589 g/mol. The Morgan fingerprint density at radius 2 is 1.64 bits per heavy atom. The van der Waals surface area contributed by atoms with E-state index in [1.807, 2.05) is 37.3 Å². The lowest BCUT2D eigenvalue weighted by Gasteiger charge is -2.34. The summed E-state index contributed by atoms with van der Waals surface area (Å²) >= 11 is 12.6. The van der Waals surface area contributed by atoms with Gasteiger partial charge >= 0.3 is 0 Å². The molecule has 2 amide bonds. The molecule has 0 radical (unpaired) electrons. The number of nitrogens with one attached hydrogen (secondary N) is 1. The zero-order valence-corrected chi connectivity index (χ0v) is 24.6. The summed E-state index contributed by atoms with van der Waals surface area (Å²) in [6.07, 6.45) is 1.99. The summed E-state index contributed by atoms with van der Waals surface area (Å²) in [7, 11) is -3.89. The Morgan fingerprint density at radius 1 is 0.974 bits per heavy atom. The van der Waals surface area contributed by atoms with Gasteiger partial charge in [-0.25, -0.2) is 8.42 Å². The molecule has 1 atom stereocenters. The fourth-order valence-corrected chi connectivity index (χ4v) is 5.44. The minimum absolute atomic E-state index is 0.0156. The molecule has 0 aliphatic heterocycles. The third-order valence-electron chi connectivity index (χ3n) is 6.24. The van der Waals surface area contributed by atoms with Crippen LogP contribution in [0.5, 0.6) is 0 Å². The minimum Gasteiger partial charge on any atom is -0.354 e. The summed E-state index contributed by atoms with van der Waals surface area (Å²) in [6.45, 7) is 3.62. The van der Waals surface area contributed by atoms with Gasteiger partial charge in [-0.15, -0.1) is 0 Å². The van der Waals surface area contributed by atoms with Crippen LogP contribution in [0, 0.1) is 6.92 Å². The number of carbonyl (C=O) groups excluding carboxylic acids is 2. The second-order valence-electron chi connectivity index (χ2n) is 9.31. The van der Waals surface area contributed by atoms with Crippen LogP contribution in [0.25, 0.3) is 0 Å². The number of benzene rings is 3. The number of hydrogen-bond donors (Lipinski definition) is 1. The Labute approximate surface area is 240 Å². The van der Waals surface area contributed by atoms with Crippen LogP contribution in [0.15, 0.2) is 72.8 Å². The van der Waals surface area contributed by atoms with Crippen LogP contribution >= 0.6 is 23.2 Å². The predicted octanol–water partition coefficient (Wildman–Crippen LogP) is 5.23. The maximum atomic E-state index is 14.1. The number of carbonyl (C=O) groups is 2. The Balaban J connectivity index is 2.08. The molecule has 208 valence electrons. The molecule has 3 aromatic rings. The van der Waals surface area contributed by atoms with E-state index in [1.165, 1.54) is 11.0 Å². The van der Waals surface area contributed by atoms with Crippen molar-refractivity contribution in [3.63, 3.8) is 0 Å². The number of anilines is 1. The number of amides is 2. The third-order valence-corrected chi connectivity index (χ3v) is 7.97. The molecule has 0 aliphatic rings. The average molecular weight is 591 g/mol. The number of rotatable bonds is 12. The molecule has 3 aromatic carbocycles. The zero-order chi connectivity index (χ0) is 28.6. The van der Waals surface area contributed by atoms with E-state index in [1.54, 1.807) is 43.3 Å². The maximum Gasteiger partial charge on any atom is 0.244 e. The quantitative estimate of drug-likeness (QED) is 0.313. The smallest absolute Gasteiger partial charge is 0.244 e. The highest BCUT2D eigenvalue weighted by atomic mass is 35.5. The van der Waals surface area contributed by atoms with Gasteiger partial charge in [-0.1, -0.05) is 84.7 Å². The number of halogens is 2. The first-order chi connectivity index (χ1) is 18.5. The highest BCUT2D eigenvalue weighted by Crippen LogP contribution is 2.27. The molecule has 39 heavy (non-hydrogen) atoms. The van der Waals surface area contributed by atoms with E-state index >= 15 is 0 Å². The van der Waals surface area contributed by atoms with Crippen LogP contribution in [-0.2, 0) is 32.6 Å². The molecule has 0 bridgehead atoms. The van der Waals surface area contributed by atoms with Gasteiger partial charge in [0.15, 0.2) is 0 Å². The molecule has 0 heterocycles. The summed E-state index contributed by atoms with van der Waals surface area (Å²) in [5, 5.41) is 3.68. The molecule has 0 spiro atoms. The molecule has 0 fully saturated rings. The molecule has 1 N–H and O–H groups in total. The van der Waals surface area contributed by atoms with Crippen molar-refractivity contribution in [3.8, 4) is 0 Å². The van der Waals surface area contributed by atoms with Gasteiger partial charge in [0.2, 0.25) is 21.8 Å². The van der Waals surface area contributed by atoms with Crippen molar-refractivity contribution in [1.82, 2.24) is 10.2 Å². The Morgan fingerprint density at radius 3 is 2.28 bits per heavy atom. The third kappa shape index (κ3) is 8.46. The Hall–Kier alpha value is -3.07. The first-order valence-electron chi connectivity index (χ1n) is 12.6. The summed E-state index contributed by atoms with van der Waals surface area (Å²) in [5.41, 5.74) is 2.43. The molecule has 0 saturated heterocycles. The standard InChI is InChI=1S/C29H33Cl2N3O4S/c1-4-16-32-29(36)27(17-22-10-6-5-7-11-22)33(19-23-12-8-9-13-25(23)31)28(35)20-34(39(3,37)38)26-18-24(30)15-14-21(26)2/h5-15,18,27H,4,16-17,19-20H2,1-3H3,(H,32,36)/t27-/m1/s1. The lowest BCUT2D eigenvalue weighted by atomic mass is 10.0. The van der Waals surface area contributed by atoms with Crippen molar-refractivity contribution >= 4 is 50.7 Å². The zero-order valence-electron chi connectivity index (χ0n) is 22.2. The molecule has 0 aliphatic carbocycles. The highest BCUT2D eigenvalue weighted by Gasteiger charge is 2.33. The number of hydrogen-bond acceptors (Lipinski definition) is 4. The van der Waals surface area contributed by atoms with Gasteiger partial charge in [-0.3, -0.25) is 13.9 Å². The van der Waals surface area contributed by atoms with Crippen LogP contribution in [-0.4, -0.2) is 50.5 Å². The van der Waals surface area contributed by atoms with E-state index in [-0.39, 0.29) is 18.9 Å². The van der Waals surface area contributed by atoms with Gasteiger partial charge < -0.3 is 10.2 Å². The van der Waals surface area contributed by atoms with Gasteiger partial charge in [0.25, 0.3) is 0 Å². The predicted molar refractivity (Wildman–Crippen MR) is 158 cm³/mol. The van der Waals surface area contributed by atoms with Crippen molar-refractivity contribution in [2.24, 2.45) is 0 Å². The van der Waals surface area contributed by atoms with Crippen LogP contribution < -0.4 is 9.62 Å². The fourth-order valence-electron chi connectivity index (χ4n) is 4.18. The molecule has 10 heteroatoms. The highest BCUT2D eigenvalue weighted by molar-refractivity contribution is 7.92. The van der Waals surface area contributed by atoms with Crippen molar-refractivity contribution < 1.29 is 18.0 Å². The molecule has 0 aromatic heterocycles. The van der Waals surface area contributed by atoms with E-state index in [4.69, 9.17) is 23.2 Å². The fraction of sp³-hybridized carbons (Fsp3) is 0.310. The normalized spacial score (nSPS) is 12.0. The molecular weight excluding hydrogens is 557 g/mol. The van der Waals surface area contributed by atoms with Gasteiger partial charge in [0.05, 0.1) is 11.9 Å². The van der Waals surface area contributed by atoms with Crippen molar-refractivity contribution in [2.45, 2.75) is 39.3 Å². The van der Waals surface area contributed by atoms with Crippen LogP contribution in [0.2, 0.25) is 10.0 Å². The van der Waals surface area contributed by atoms with Crippen LogP contribution in [0.4, 0.5) is 5.69 Å². The van der Waals surface area contributed by atoms with E-state index in [0.29, 0.717) is 33.4 Å². The lowest BCUT2D eigenvalue weighted by molar-refractivity contribution is -0.140. The van der Waals surface area contributed by atoms with E-state index < -0.39 is 28.5 Å². The van der Waals surface area contributed by atoms with Gasteiger partial charge in [0.1, 0.15) is 12.6 Å². The first kappa shape index (κ1) is 30.5. The maximum absolute atomic E-state index is 14.1. The molecule has 7 nitrogen and oxygen atoms in total. The van der Waals surface area contributed by atoms with Crippen molar-refractivity contribution in [2.75, 3.05) is 23.7 Å². The van der Waals surface area contributed by atoms with Crippen molar-refractivity contribution in [3.05, 3.63) is 99.5 Å². The van der Waals surface area contributed by atoms with Gasteiger partial charge in [-0.05, 0) is 48.2 Å². The molecule has 0 unspecified atom stereocenters. The average Bonchev–Trinajstić information content (AvgIpc) is 2.90. The van der Waals surface area contributed by atoms with E-state index in [2.05, 4.69) is 5.32 Å². The summed E-state index contributed by atoms with van der Waals surface area (Å²) in [4.78, 5) is 29.0. The summed E-state index contributed by atoms with van der Waals surface area (Å²) in [5.74, 6) is -0.877. The first-order valence-corrected chi connectivity index (χ1v) is 15.2. The Bertz CT molecular complexity index is 1400. The summed E-state index contributed by atoms with van der Waals surface area (Å²) < 4.78 is 26.9. The van der Waals surface area contributed by atoms with Crippen molar-refractivity contribution in [1.29, 1.82) is 0 Å². The van der Waals surface area contributed by atoms with E-state index in [0.717, 1.165) is 22.5 Å². The van der Waals surface area contributed by atoms with Gasteiger partial charge in [0, 0.05) is 29.6 Å². The second kappa shape index (κ2) is 13.8. The Kier molecular flexibility index (Phi) is 10.8. The minimum atomic E-state index is -3.89. The second-order valence-corrected chi connectivity index (χ2v) is 12.1. The van der Waals surface area contributed by atoms with Crippen LogP contribution in [0.3, 0.4) is 0 Å². The summed E-state index contributed by atoms with van der Waals surface area (Å²) in [6, 6.07) is 20.4. The number of aryl methyl sites for hydroxylation is 1. The SMILES string of the molecule is CCCNC(=O)[C@@H](Cc1ccccc1)N(Cc1ccccc1Cl)C(=O)CN(c1cc(Cl)ccc1C)S(C)(=O)=O. The molecule has 0 saturated carbocycles. The van der Waals surface area contributed by atoms with E-state index in [9.17, 15) is 18.0 Å².